The Bertz CT molecular complexity index is 932. The lowest BCUT2D eigenvalue weighted by molar-refractivity contribution is 0.386. The van der Waals surface area contributed by atoms with E-state index in [-0.39, 0.29) is 5.41 Å². The van der Waals surface area contributed by atoms with E-state index in [1.807, 2.05) is 0 Å². The fourth-order valence-electron chi connectivity index (χ4n) is 4.38. The van der Waals surface area contributed by atoms with Gasteiger partial charge >= 0.3 is 0 Å². The van der Waals surface area contributed by atoms with Crippen molar-refractivity contribution in [2.75, 3.05) is 0 Å². The van der Waals surface area contributed by atoms with Crippen LogP contribution in [0.2, 0.25) is 0 Å². The fourth-order valence-corrected chi connectivity index (χ4v) is 4.38. The van der Waals surface area contributed by atoms with Gasteiger partial charge in [0.05, 0.1) is 0 Å². The lowest BCUT2D eigenvalue weighted by atomic mass is 9.68. The normalized spacial score (nSPS) is 11.3. The number of hydrogen-bond donors (Lipinski definition) is 0. The highest BCUT2D eigenvalue weighted by molar-refractivity contribution is 5.34. The molecule has 0 heterocycles. The average molecular weight is 377 g/mol. The summed E-state index contributed by atoms with van der Waals surface area (Å²) in [5, 5.41) is 0. The van der Waals surface area contributed by atoms with Gasteiger partial charge in [-0.1, -0.05) is 121 Å². The molecule has 0 amide bonds. The van der Waals surface area contributed by atoms with Gasteiger partial charge in [-0.2, -0.15) is 0 Å². The third-order valence-electron chi connectivity index (χ3n) is 5.89. The van der Waals surface area contributed by atoms with Crippen LogP contribution >= 0.6 is 0 Å². The van der Waals surface area contributed by atoms with Crippen LogP contribution in [0.4, 0.5) is 0 Å². The molecule has 4 rings (SSSR count). The maximum Gasteiger partial charge on any atom is 0.00368 e. The molecule has 0 heteroatoms. The second-order valence-electron chi connectivity index (χ2n) is 7.96. The van der Waals surface area contributed by atoms with Crippen LogP contribution in [-0.2, 0) is 24.7 Å². The molecule has 4 aromatic carbocycles. The summed E-state index contributed by atoms with van der Waals surface area (Å²) in [6, 6.07) is 43.9. The summed E-state index contributed by atoms with van der Waals surface area (Å²) in [6.07, 6.45) is 4.28. The number of rotatable bonds is 8. The van der Waals surface area contributed by atoms with E-state index in [9.17, 15) is 0 Å². The smallest absolute Gasteiger partial charge is 0.00368 e. The summed E-state index contributed by atoms with van der Waals surface area (Å²) >= 11 is 0. The minimum absolute atomic E-state index is 0.0554. The van der Waals surface area contributed by atoms with Gasteiger partial charge in [-0.3, -0.25) is 0 Å². The van der Waals surface area contributed by atoms with E-state index >= 15 is 0 Å². The fraction of sp³-hybridized carbons (Fsp3) is 0.172. The standard InChI is InChI=1S/C29H28/c1-5-13-25(14-6-1)21-22-29(28-19-11-4-12-20-28,23-26-15-7-2-8-16-26)24-27-17-9-3-10-18-27/h1-20H,21-24H2. The van der Waals surface area contributed by atoms with Crippen LogP contribution in [0.25, 0.3) is 0 Å². The summed E-state index contributed by atoms with van der Waals surface area (Å²) in [5.41, 5.74) is 5.71. The quantitative estimate of drug-likeness (QED) is 0.309. The van der Waals surface area contributed by atoms with Crippen molar-refractivity contribution in [2.24, 2.45) is 0 Å². The van der Waals surface area contributed by atoms with Crippen LogP contribution < -0.4 is 0 Å². The van der Waals surface area contributed by atoms with Gasteiger partial charge in [-0.25, -0.2) is 0 Å². The maximum absolute atomic E-state index is 2.32. The molecular formula is C29H28. The summed E-state index contributed by atoms with van der Waals surface area (Å²) in [5.74, 6) is 0. The van der Waals surface area contributed by atoms with Crippen LogP contribution in [-0.4, -0.2) is 0 Å². The van der Waals surface area contributed by atoms with Gasteiger partial charge in [0.1, 0.15) is 0 Å². The van der Waals surface area contributed by atoms with Crippen molar-refractivity contribution in [3.05, 3.63) is 144 Å². The zero-order valence-electron chi connectivity index (χ0n) is 16.9. The number of benzene rings is 4. The largest absolute Gasteiger partial charge is 0.0622 e. The average Bonchev–Trinajstić information content (AvgIpc) is 2.80. The molecule has 0 saturated carbocycles. The molecule has 0 atom stereocenters. The second kappa shape index (κ2) is 9.39. The van der Waals surface area contributed by atoms with Crippen molar-refractivity contribution >= 4 is 0 Å². The topological polar surface area (TPSA) is 0 Å². The predicted octanol–water partition coefficient (Wildman–Crippen LogP) is 7.04. The van der Waals surface area contributed by atoms with Crippen LogP contribution in [0.3, 0.4) is 0 Å². The third kappa shape index (κ3) is 5.03. The van der Waals surface area contributed by atoms with E-state index in [0.717, 1.165) is 25.7 Å². The van der Waals surface area contributed by atoms with Crippen molar-refractivity contribution in [1.29, 1.82) is 0 Å². The molecular weight excluding hydrogens is 348 g/mol. The molecule has 0 bridgehead atoms. The van der Waals surface area contributed by atoms with Crippen molar-refractivity contribution < 1.29 is 0 Å². The Labute approximate surface area is 174 Å². The molecule has 0 fully saturated rings. The van der Waals surface area contributed by atoms with E-state index in [2.05, 4.69) is 121 Å². The molecule has 0 aliphatic heterocycles. The lowest BCUT2D eigenvalue weighted by Crippen LogP contribution is -2.32. The van der Waals surface area contributed by atoms with Crippen LogP contribution in [0.1, 0.15) is 28.7 Å². The molecule has 0 N–H and O–H groups in total. The first-order valence-electron chi connectivity index (χ1n) is 10.5. The number of aryl methyl sites for hydroxylation is 1. The zero-order chi connectivity index (χ0) is 19.8. The summed E-state index contributed by atoms with van der Waals surface area (Å²) in [7, 11) is 0. The van der Waals surface area contributed by atoms with Gasteiger partial charge in [-0.05, 0) is 47.9 Å². The van der Waals surface area contributed by atoms with E-state index in [1.54, 1.807) is 0 Å². The Hall–Kier alpha value is -3.12. The van der Waals surface area contributed by atoms with Crippen molar-refractivity contribution in [1.82, 2.24) is 0 Å². The van der Waals surface area contributed by atoms with Gasteiger partial charge in [0, 0.05) is 5.41 Å². The molecule has 0 nitrogen and oxygen atoms in total. The SMILES string of the molecule is c1ccc(CCC(Cc2ccccc2)(Cc2ccccc2)c2ccccc2)cc1. The van der Waals surface area contributed by atoms with Gasteiger partial charge in [0.15, 0.2) is 0 Å². The molecule has 0 radical (unpaired) electrons. The van der Waals surface area contributed by atoms with Gasteiger partial charge < -0.3 is 0 Å². The first-order valence-corrected chi connectivity index (χ1v) is 10.5. The Kier molecular flexibility index (Phi) is 6.22. The molecule has 0 aromatic heterocycles. The molecule has 29 heavy (non-hydrogen) atoms. The Balaban J connectivity index is 1.74. The molecule has 0 aliphatic rings. The monoisotopic (exact) mass is 376 g/mol. The molecule has 0 saturated heterocycles. The van der Waals surface area contributed by atoms with Gasteiger partial charge in [-0.15, -0.1) is 0 Å². The molecule has 0 spiro atoms. The summed E-state index contributed by atoms with van der Waals surface area (Å²) in [4.78, 5) is 0. The first-order chi connectivity index (χ1) is 14.3. The molecule has 0 unspecified atom stereocenters. The van der Waals surface area contributed by atoms with Crippen LogP contribution in [0.15, 0.2) is 121 Å². The molecule has 4 aromatic rings. The highest BCUT2D eigenvalue weighted by atomic mass is 14.4. The van der Waals surface area contributed by atoms with E-state index < -0.39 is 0 Å². The van der Waals surface area contributed by atoms with Crippen LogP contribution in [0, 0.1) is 0 Å². The summed E-state index contributed by atoms with van der Waals surface area (Å²) in [6.45, 7) is 0. The predicted molar refractivity (Wildman–Crippen MR) is 123 cm³/mol. The maximum atomic E-state index is 2.32. The highest BCUT2D eigenvalue weighted by Gasteiger charge is 2.32. The molecule has 0 aliphatic carbocycles. The second-order valence-corrected chi connectivity index (χ2v) is 7.96. The van der Waals surface area contributed by atoms with Gasteiger partial charge in [0.2, 0.25) is 0 Å². The third-order valence-corrected chi connectivity index (χ3v) is 5.89. The van der Waals surface area contributed by atoms with E-state index in [1.165, 1.54) is 22.3 Å². The zero-order valence-corrected chi connectivity index (χ0v) is 16.9. The van der Waals surface area contributed by atoms with Crippen molar-refractivity contribution in [2.45, 2.75) is 31.1 Å². The number of hydrogen-bond acceptors (Lipinski definition) is 0. The lowest BCUT2D eigenvalue weighted by Gasteiger charge is -2.35. The Morgan fingerprint density at radius 3 is 1.24 bits per heavy atom. The van der Waals surface area contributed by atoms with E-state index in [0.29, 0.717) is 0 Å². The molecule has 144 valence electrons. The van der Waals surface area contributed by atoms with Gasteiger partial charge in [0.25, 0.3) is 0 Å². The summed E-state index contributed by atoms with van der Waals surface area (Å²) < 4.78 is 0. The Morgan fingerprint density at radius 1 is 0.414 bits per heavy atom. The van der Waals surface area contributed by atoms with Crippen molar-refractivity contribution in [3.63, 3.8) is 0 Å². The van der Waals surface area contributed by atoms with E-state index in [4.69, 9.17) is 0 Å². The highest BCUT2D eigenvalue weighted by Crippen LogP contribution is 2.37. The van der Waals surface area contributed by atoms with Crippen molar-refractivity contribution in [3.8, 4) is 0 Å². The first kappa shape index (κ1) is 19.2. The van der Waals surface area contributed by atoms with Crippen LogP contribution in [0.5, 0.6) is 0 Å². The minimum Gasteiger partial charge on any atom is -0.0622 e. The Morgan fingerprint density at radius 2 is 0.793 bits per heavy atom. The minimum atomic E-state index is 0.0554.